The van der Waals surface area contributed by atoms with Crippen molar-refractivity contribution in [3.8, 4) is 0 Å². The summed E-state index contributed by atoms with van der Waals surface area (Å²) in [5, 5.41) is 4.73. The number of rotatable bonds is 7. The van der Waals surface area contributed by atoms with Gasteiger partial charge in [0, 0.05) is 22.2 Å². The number of hydrogen-bond donors (Lipinski definition) is 1. The molecule has 0 radical (unpaired) electrons. The molecule has 0 aliphatic carbocycles. The Labute approximate surface area is 194 Å². The Bertz CT molecular complexity index is 1150. The van der Waals surface area contributed by atoms with Gasteiger partial charge in [0.15, 0.2) is 5.16 Å². The minimum atomic E-state index is -0.165. The molecular weight excluding hydrogens is 454 g/mol. The maximum absolute atomic E-state index is 13.4. The SMILES string of the molecule is CCc1c(C)sc2nc(SCC(=O)Nc3ccc(Cl)cc3)n(CC3CCCO3)c(=O)c12. The summed E-state index contributed by atoms with van der Waals surface area (Å²) >= 11 is 8.71. The monoisotopic (exact) mass is 477 g/mol. The summed E-state index contributed by atoms with van der Waals surface area (Å²) in [4.78, 5) is 32.6. The van der Waals surface area contributed by atoms with Gasteiger partial charge in [-0.15, -0.1) is 11.3 Å². The van der Waals surface area contributed by atoms with Crippen molar-refractivity contribution in [1.29, 1.82) is 0 Å². The van der Waals surface area contributed by atoms with Crippen LogP contribution in [-0.2, 0) is 22.5 Å². The van der Waals surface area contributed by atoms with Gasteiger partial charge < -0.3 is 10.1 Å². The van der Waals surface area contributed by atoms with Gasteiger partial charge in [-0.2, -0.15) is 0 Å². The highest BCUT2D eigenvalue weighted by Crippen LogP contribution is 2.30. The zero-order chi connectivity index (χ0) is 22.0. The molecule has 2 aromatic heterocycles. The van der Waals surface area contributed by atoms with Crippen LogP contribution in [-0.4, -0.2) is 33.9 Å². The number of thioether (sulfide) groups is 1. The molecule has 164 valence electrons. The molecule has 0 spiro atoms. The van der Waals surface area contributed by atoms with Gasteiger partial charge >= 0.3 is 0 Å². The zero-order valence-corrected chi connectivity index (χ0v) is 19.8. The highest BCUT2D eigenvalue weighted by molar-refractivity contribution is 7.99. The fraction of sp³-hybridized carbons (Fsp3) is 0.409. The molecule has 1 unspecified atom stereocenters. The number of anilines is 1. The standard InChI is InChI=1S/C22H24ClN3O3S2/c1-3-17-13(2)31-20-19(17)21(28)26(11-16-5-4-10-29-16)22(25-20)30-12-18(27)24-15-8-6-14(23)7-9-15/h6-9,16H,3-5,10-12H2,1-2H3,(H,24,27). The average Bonchev–Trinajstić information content (AvgIpc) is 3.37. The number of nitrogens with one attached hydrogen (secondary N) is 1. The van der Waals surface area contributed by atoms with Crippen molar-refractivity contribution in [3.05, 3.63) is 50.1 Å². The van der Waals surface area contributed by atoms with E-state index in [9.17, 15) is 9.59 Å². The number of aryl methyl sites for hydroxylation is 2. The van der Waals surface area contributed by atoms with Crippen LogP contribution in [0.3, 0.4) is 0 Å². The highest BCUT2D eigenvalue weighted by atomic mass is 35.5. The third-order valence-corrected chi connectivity index (χ3v) is 7.57. The van der Waals surface area contributed by atoms with Gasteiger partial charge in [-0.1, -0.05) is 30.3 Å². The van der Waals surface area contributed by atoms with Crippen LogP contribution < -0.4 is 10.9 Å². The molecule has 1 aliphatic rings. The molecule has 1 atom stereocenters. The zero-order valence-electron chi connectivity index (χ0n) is 17.4. The largest absolute Gasteiger partial charge is 0.376 e. The smallest absolute Gasteiger partial charge is 0.263 e. The molecule has 1 aliphatic heterocycles. The number of ether oxygens (including phenoxy) is 1. The maximum Gasteiger partial charge on any atom is 0.263 e. The average molecular weight is 478 g/mol. The molecule has 3 heterocycles. The molecule has 1 fully saturated rings. The first-order valence-electron chi connectivity index (χ1n) is 10.3. The fourth-order valence-electron chi connectivity index (χ4n) is 3.78. The van der Waals surface area contributed by atoms with E-state index in [1.165, 1.54) is 23.1 Å². The van der Waals surface area contributed by atoms with E-state index in [0.717, 1.165) is 41.1 Å². The fourth-order valence-corrected chi connectivity index (χ4v) is 5.87. The van der Waals surface area contributed by atoms with Crippen molar-refractivity contribution < 1.29 is 9.53 Å². The molecule has 0 saturated carbocycles. The topological polar surface area (TPSA) is 73.2 Å². The van der Waals surface area contributed by atoms with Gasteiger partial charge in [0.25, 0.3) is 5.56 Å². The number of halogens is 1. The lowest BCUT2D eigenvalue weighted by Crippen LogP contribution is -2.29. The highest BCUT2D eigenvalue weighted by Gasteiger charge is 2.23. The van der Waals surface area contributed by atoms with E-state index >= 15 is 0 Å². The molecule has 1 N–H and O–H groups in total. The first-order chi connectivity index (χ1) is 15.0. The van der Waals surface area contributed by atoms with E-state index in [1.807, 2.05) is 6.92 Å². The third-order valence-electron chi connectivity index (χ3n) is 5.30. The molecule has 1 saturated heterocycles. The Hall–Kier alpha value is -1.87. The van der Waals surface area contributed by atoms with Crippen LogP contribution in [0, 0.1) is 6.92 Å². The van der Waals surface area contributed by atoms with E-state index in [2.05, 4.69) is 12.2 Å². The van der Waals surface area contributed by atoms with Crippen molar-refractivity contribution in [2.75, 3.05) is 17.7 Å². The number of aromatic nitrogens is 2. The Kier molecular flexibility index (Phi) is 7.01. The second kappa shape index (κ2) is 9.73. The number of benzene rings is 1. The minimum Gasteiger partial charge on any atom is -0.376 e. The molecule has 1 amide bonds. The number of carbonyl (C=O) groups is 1. The Morgan fingerprint density at radius 2 is 2.16 bits per heavy atom. The first kappa shape index (κ1) is 22.3. The molecule has 3 aromatic rings. The summed E-state index contributed by atoms with van der Waals surface area (Å²) in [5.74, 6) is -0.0150. The molecule has 4 rings (SSSR count). The summed E-state index contributed by atoms with van der Waals surface area (Å²) in [6.07, 6.45) is 2.72. The number of carbonyl (C=O) groups excluding carboxylic acids is 1. The van der Waals surface area contributed by atoms with E-state index in [-0.39, 0.29) is 23.3 Å². The van der Waals surface area contributed by atoms with Crippen LogP contribution in [0.1, 0.15) is 30.2 Å². The van der Waals surface area contributed by atoms with E-state index in [0.29, 0.717) is 27.8 Å². The van der Waals surface area contributed by atoms with E-state index in [1.54, 1.807) is 28.8 Å². The maximum atomic E-state index is 13.4. The Morgan fingerprint density at radius 1 is 1.39 bits per heavy atom. The molecular formula is C22H24ClN3O3S2. The third kappa shape index (κ3) is 4.98. The van der Waals surface area contributed by atoms with Crippen LogP contribution in [0.5, 0.6) is 0 Å². The summed E-state index contributed by atoms with van der Waals surface area (Å²) < 4.78 is 7.47. The van der Waals surface area contributed by atoms with E-state index < -0.39 is 0 Å². The van der Waals surface area contributed by atoms with E-state index in [4.69, 9.17) is 21.3 Å². The summed E-state index contributed by atoms with van der Waals surface area (Å²) in [6.45, 7) is 5.27. The van der Waals surface area contributed by atoms with Crippen molar-refractivity contribution in [2.45, 2.75) is 50.9 Å². The van der Waals surface area contributed by atoms with Crippen LogP contribution in [0.25, 0.3) is 10.2 Å². The predicted octanol–water partition coefficient (Wildman–Crippen LogP) is 4.89. The van der Waals surface area contributed by atoms with Gasteiger partial charge in [0.05, 0.1) is 23.8 Å². The lowest BCUT2D eigenvalue weighted by Gasteiger charge is -2.16. The Morgan fingerprint density at radius 3 is 2.84 bits per heavy atom. The lowest BCUT2D eigenvalue weighted by molar-refractivity contribution is -0.113. The van der Waals surface area contributed by atoms with Crippen molar-refractivity contribution in [2.24, 2.45) is 0 Å². The molecule has 31 heavy (non-hydrogen) atoms. The minimum absolute atomic E-state index is 0.00371. The summed E-state index contributed by atoms with van der Waals surface area (Å²) in [6, 6.07) is 6.96. The van der Waals surface area contributed by atoms with Crippen molar-refractivity contribution in [3.63, 3.8) is 0 Å². The second-order valence-electron chi connectivity index (χ2n) is 7.46. The number of fused-ring (bicyclic) bond motifs is 1. The summed E-state index contributed by atoms with van der Waals surface area (Å²) in [5.41, 5.74) is 1.70. The number of amides is 1. The number of nitrogens with zero attached hydrogens (tertiary/aromatic N) is 2. The van der Waals surface area contributed by atoms with Crippen LogP contribution >= 0.6 is 34.7 Å². The first-order valence-corrected chi connectivity index (χ1v) is 12.5. The van der Waals surface area contributed by atoms with Gasteiger partial charge in [0.2, 0.25) is 5.91 Å². The lowest BCUT2D eigenvalue weighted by atomic mass is 10.1. The van der Waals surface area contributed by atoms with Crippen molar-refractivity contribution >= 4 is 56.5 Å². The van der Waals surface area contributed by atoms with Gasteiger partial charge in [-0.25, -0.2) is 4.98 Å². The second-order valence-corrected chi connectivity index (χ2v) is 10.0. The molecule has 1 aromatic carbocycles. The van der Waals surface area contributed by atoms with Crippen LogP contribution in [0.4, 0.5) is 5.69 Å². The van der Waals surface area contributed by atoms with Gasteiger partial charge in [-0.05, 0) is 56.0 Å². The quantitative estimate of drug-likeness (QED) is 0.387. The predicted molar refractivity (Wildman–Crippen MR) is 128 cm³/mol. The molecule has 6 nitrogen and oxygen atoms in total. The van der Waals surface area contributed by atoms with Gasteiger partial charge in [0.1, 0.15) is 4.83 Å². The van der Waals surface area contributed by atoms with Crippen LogP contribution in [0.15, 0.2) is 34.2 Å². The molecule has 9 heteroatoms. The normalized spacial score (nSPS) is 16.2. The molecule has 0 bridgehead atoms. The number of thiophene rings is 1. The van der Waals surface area contributed by atoms with Crippen molar-refractivity contribution in [1.82, 2.24) is 9.55 Å². The van der Waals surface area contributed by atoms with Gasteiger partial charge in [-0.3, -0.25) is 14.2 Å². The number of hydrogen-bond acceptors (Lipinski definition) is 6. The van der Waals surface area contributed by atoms with Crippen LogP contribution in [0.2, 0.25) is 5.02 Å². The summed E-state index contributed by atoms with van der Waals surface area (Å²) in [7, 11) is 0. The Balaban J connectivity index is 1.61.